The summed E-state index contributed by atoms with van der Waals surface area (Å²) in [4.78, 5) is 13.5. The van der Waals surface area contributed by atoms with E-state index in [9.17, 15) is 4.79 Å². The Hall–Kier alpha value is -0.650. The smallest absolute Gasteiger partial charge is 0.248 e. The van der Waals surface area contributed by atoms with Gasteiger partial charge in [0.15, 0.2) is 0 Å². The Balaban J connectivity index is 2.23. The predicted molar refractivity (Wildman–Crippen MR) is 59.1 cm³/mol. The van der Waals surface area contributed by atoms with Crippen LogP contribution in [0.5, 0.6) is 0 Å². The van der Waals surface area contributed by atoms with Crippen molar-refractivity contribution in [2.24, 2.45) is 0 Å². The first-order valence-electron chi connectivity index (χ1n) is 5.76. The molecule has 0 aromatic rings. The van der Waals surface area contributed by atoms with E-state index in [0.29, 0.717) is 25.8 Å². The Morgan fingerprint density at radius 1 is 1.44 bits per heavy atom. The van der Waals surface area contributed by atoms with Gasteiger partial charge in [-0.05, 0) is 19.3 Å². The molecule has 0 bridgehead atoms. The number of methoxy groups -OCH3 is 1. The van der Waals surface area contributed by atoms with Crippen LogP contribution in [0, 0.1) is 0 Å². The highest BCUT2D eigenvalue weighted by Crippen LogP contribution is 2.24. The molecule has 0 aliphatic heterocycles. The molecule has 1 N–H and O–H groups in total. The second-order valence-corrected chi connectivity index (χ2v) is 3.94. The van der Waals surface area contributed by atoms with Crippen molar-refractivity contribution >= 4 is 5.91 Å². The van der Waals surface area contributed by atoms with Crippen LogP contribution < -0.4 is 0 Å². The molecule has 5 nitrogen and oxygen atoms in total. The van der Waals surface area contributed by atoms with Gasteiger partial charge in [0, 0.05) is 19.7 Å². The second-order valence-electron chi connectivity index (χ2n) is 3.94. The summed E-state index contributed by atoms with van der Waals surface area (Å²) in [6.07, 6.45) is 3.26. The topological polar surface area (TPSA) is 59.0 Å². The summed E-state index contributed by atoms with van der Waals surface area (Å²) in [6, 6.07) is 0.311. The molecule has 94 valence electrons. The fourth-order valence-corrected chi connectivity index (χ4v) is 1.70. The molecule has 0 spiro atoms. The zero-order valence-corrected chi connectivity index (χ0v) is 9.85. The molecule has 0 saturated heterocycles. The molecular weight excluding hydrogens is 210 g/mol. The SMILES string of the molecule is COCCOCC(=O)N(CCO)C1CCC1. The molecule has 0 radical (unpaired) electrons. The van der Waals surface area contributed by atoms with Crippen molar-refractivity contribution in [1.82, 2.24) is 4.90 Å². The lowest BCUT2D eigenvalue weighted by atomic mass is 9.91. The molecule has 16 heavy (non-hydrogen) atoms. The van der Waals surface area contributed by atoms with E-state index in [1.807, 2.05) is 0 Å². The average molecular weight is 231 g/mol. The normalized spacial score (nSPS) is 15.9. The maximum atomic E-state index is 11.8. The van der Waals surface area contributed by atoms with Gasteiger partial charge in [-0.15, -0.1) is 0 Å². The predicted octanol–water partition coefficient (Wildman–Crippen LogP) is 0.0228. The zero-order valence-electron chi connectivity index (χ0n) is 9.85. The third-order valence-electron chi connectivity index (χ3n) is 2.83. The number of ether oxygens (including phenoxy) is 2. The molecule has 1 amide bonds. The summed E-state index contributed by atoms with van der Waals surface area (Å²) in [7, 11) is 1.59. The van der Waals surface area contributed by atoms with Crippen molar-refractivity contribution in [3.8, 4) is 0 Å². The first-order valence-corrected chi connectivity index (χ1v) is 5.76. The van der Waals surface area contributed by atoms with Gasteiger partial charge in [-0.25, -0.2) is 0 Å². The number of aliphatic hydroxyl groups excluding tert-OH is 1. The van der Waals surface area contributed by atoms with E-state index < -0.39 is 0 Å². The molecule has 1 aliphatic carbocycles. The van der Waals surface area contributed by atoms with Crippen LogP contribution in [0.3, 0.4) is 0 Å². The van der Waals surface area contributed by atoms with Crippen molar-refractivity contribution in [3.63, 3.8) is 0 Å². The van der Waals surface area contributed by atoms with Crippen molar-refractivity contribution < 1.29 is 19.4 Å². The molecule has 0 unspecified atom stereocenters. The van der Waals surface area contributed by atoms with E-state index in [4.69, 9.17) is 14.6 Å². The Labute approximate surface area is 96.3 Å². The van der Waals surface area contributed by atoms with Gasteiger partial charge in [-0.2, -0.15) is 0 Å². The summed E-state index contributed by atoms with van der Waals surface area (Å²) < 4.78 is 10.0. The van der Waals surface area contributed by atoms with Crippen molar-refractivity contribution in [2.75, 3.05) is 40.1 Å². The minimum atomic E-state index is -0.0325. The highest BCUT2D eigenvalue weighted by Gasteiger charge is 2.27. The number of hydrogen-bond donors (Lipinski definition) is 1. The van der Waals surface area contributed by atoms with E-state index in [2.05, 4.69) is 0 Å². The second kappa shape index (κ2) is 7.60. The molecule has 1 aliphatic rings. The minimum absolute atomic E-state index is 0.0142. The van der Waals surface area contributed by atoms with Gasteiger partial charge in [0.1, 0.15) is 6.61 Å². The summed E-state index contributed by atoms with van der Waals surface area (Å²) >= 11 is 0. The van der Waals surface area contributed by atoms with Crippen LogP contribution >= 0.6 is 0 Å². The first-order chi connectivity index (χ1) is 7.79. The Morgan fingerprint density at radius 3 is 2.69 bits per heavy atom. The molecule has 1 saturated carbocycles. The van der Waals surface area contributed by atoms with Gasteiger partial charge >= 0.3 is 0 Å². The largest absolute Gasteiger partial charge is 0.395 e. The van der Waals surface area contributed by atoms with Gasteiger partial charge in [0.25, 0.3) is 0 Å². The van der Waals surface area contributed by atoms with Crippen LogP contribution in [0.2, 0.25) is 0 Å². The van der Waals surface area contributed by atoms with Crippen LogP contribution in [0.1, 0.15) is 19.3 Å². The third kappa shape index (κ3) is 4.08. The molecule has 1 fully saturated rings. The minimum Gasteiger partial charge on any atom is -0.395 e. The zero-order chi connectivity index (χ0) is 11.8. The van der Waals surface area contributed by atoms with E-state index >= 15 is 0 Å². The van der Waals surface area contributed by atoms with Crippen LogP contribution in [0.4, 0.5) is 0 Å². The van der Waals surface area contributed by atoms with E-state index in [-0.39, 0.29) is 19.1 Å². The number of hydrogen-bond acceptors (Lipinski definition) is 4. The molecular formula is C11H21NO4. The van der Waals surface area contributed by atoms with Gasteiger partial charge < -0.3 is 19.5 Å². The molecule has 0 aromatic carbocycles. The van der Waals surface area contributed by atoms with E-state index in [1.54, 1.807) is 12.0 Å². The molecule has 0 aromatic heterocycles. The summed E-state index contributed by atoms with van der Waals surface area (Å²) in [5, 5.41) is 8.91. The van der Waals surface area contributed by atoms with E-state index in [0.717, 1.165) is 12.8 Å². The van der Waals surface area contributed by atoms with Gasteiger partial charge in [0.05, 0.1) is 19.8 Å². The quantitative estimate of drug-likeness (QED) is 0.598. The first kappa shape index (κ1) is 13.4. The number of carbonyl (C=O) groups excluding carboxylic acids is 1. The fourth-order valence-electron chi connectivity index (χ4n) is 1.70. The van der Waals surface area contributed by atoms with Gasteiger partial charge in [-0.3, -0.25) is 4.79 Å². The molecule has 1 rings (SSSR count). The maximum Gasteiger partial charge on any atom is 0.248 e. The number of nitrogens with zero attached hydrogens (tertiary/aromatic N) is 1. The highest BCUT2D eigenvalue weighted by molar-refractivity contribution is 5.77. The lowest BCUT2D eigenvalue weighted by Gasteiger charge is -2.37. The number of aliphatic hydroxyl groups is 1. The Kier molecular flexibility index (Phi) is 6.37. The fraction of sp³-hybridized carbons (Fsp3) is 0.909. The van der Waals surface area contributed by atoms with E-state index in [1.165, 1.54) is 6.42 Å². The third-order valence-corrected chi connectivity index (χ3v) is 2.83. The van der Waals surface area contributed by atoms with Crippen LogP contribution in [-0.2, 0) is 14.3 Å². The van der Waals surface area contributed by atoms with Gasteiger partial charge in [0.2, 0.25) is 5.91 Å². The standard InChI is InChI=1S/C11H21NO4/c1-15-7-8-16-9-11(14)12(5-6-13)10-3-2-4-10/h10,13H,2-9H2,1H3. The Morgan fingerprint density at radius 2 is 2.19 bits per heavy atom. The van der Waals surface area contributed by atoms with Crippen molar-refractivity contribution in [2.45, 2.75) is 25.3 Å². The summed E-state index contributed by atoms with van der Waals surface area (Å²) in [5.41, 5.74) is 0. The lowest BCUT2D eigenvalue weighted by Crippen LogP contribution is -2.47. The highest BCUT2D eigenvalue weighted by atomic mass is 16.5. The number of rotatable bonds is 8. The number of amides is 1. The Bertz CT molecular complexity index is 206. The molecule has 5 heteroatoms. The number of carbonyl (C=O) groups is 1. The van der Waals surface area contributed by atoms with Crippen LogP contribution in [-0.4, -0.2) is 62.0 Å². The van der Waals surface area contributed by atoms with Crippen molar-refractivity contribution in [3.05, 3.63) is 0 Å². The molecule has 0 heterocycles. The maximum absolute atomic E-state index is 11.8. The van der Waals surface area contributed by atoms with Crippen LogP contribution in [0.25, 0.3) is 0 Å². The van der Waals surface area contributed by atoms with Crippen LogP contribution in [0.15, 0.2) is 0 Å². The van der Waals surface area contributed by atoms with Crippen molar-refractivity contribution in [1.29, 1.82) is 0 Å². The summed E-state index contributed by atoms with van der Waals surface area (Å²) in [6.45, 7) is 1.44. The lowest BCUT2D eigenvalue weighted by molar-refractivity contribution is -0.141. The monoisotopic (exact) mass is 231 g/mol. The molecule has 0 atom stereocenters. The van der Waals surface area contributed by atoms with Gasteiger partial charge in [-0.1, -0.05) is 0 Å². The average Bonchev–Trinajstić information content (AvgIpc) is 2.21. The summed E-state index contributed by atoms with van der Waals surface area (Å²) in [5.74, 6) is -0.0325.